The molecule has 1 aromatic rings. The van der Waals surface area contributed by atoms with Gasteiger partial charge in [-0.05, 0) is 31.2 Å². The molecule has 0 bridgehead atoms. The first-order valence-electron chi connectivity index (χ1n) is 8.57. The van der Waals surface area contributed by atoms with Crippen molar-refractivity contribution >= 4 is 5.91 Å². The van der Waals surface area contributed by atoms with Crippen LogP contribution in [0.15, 0.2) is 16.9 Å². The third-order valence-corrected chi connectivity index (χ3v) is 4.78. The van der Waals surface area contributed by atoms with E-state index in [2.05, 4.69) is 10.4 Å². The molecule has 0 atom stereocenters. The Morgan fingerprint density at radius 3 is 2.73 bits per heavy atom. The molecule has 2 fully saturated rings. The first-order chi connectivity index (χ1) is 10.7. The van der Waals surface area contributed by atoms with Gasteiger partial charge in [-0.15, -0.1) is 0 Å². The number of amides is 1. The summed E-state index contributed by atoms with van der Waals surface area (Å²) in [5.74, 6) is 1.37. The van der Waals surface area contributed by atoms with E-state index in [9.17, 15) is 9.59 Å². The van der Waals surface area contributed by atoms with E-state index in [1.54, 1.807) is 6.07 Å². The maximum absolute atomic E-state index is 11.8. The molecule has 120 valence electrons. The van der Waals surface area contributed by atoms with Crippen LogP contribution in [0.3, 0.4) is 0 Å². The predicted octanol–water partition coefficient (Wildman–Crippen LogP) is 2.21. The zero-order valence-corrected chi connectivity index (χ0v) is 13.1. The minimum atomic E-state index is -0.0930. The monoisotopic (exact) mass is 303 g/mol. The van der Waals surface area contributed by atoms with Crippen LogP contribution in [-0.4, -0.2) is 22.2 Å². The van der Waals surface area contributed by atoms with Gasteiger partial charge in [0, 0.05) is 24.9 Å². The van der Waals surface area contributed by atoms with Crippen molar-refractivity contribution in [3.05, 3.63) is 28.2 Å². The highest BCUT2D eigenvalue weighted by Gasteiger charge is 2.25. The Hall–Kier alpha value is -1.65. The maximum atomic E-state index is 11.8. The van der Waals surface area contributed by atoms with E-state index in [0.29, 0.717) is 25.4 Å². The third kappa shape index (κ3) is 4.18. The fourth-order valence-electron chi connectivity index (χ4n) is 3.25. The molecule has 2 aliphatic rings. The molecular formula is C17H25N3O2. The van der Waals surface area contributed by atoms with Gasteiger partial charge in [0.15, 0.2) is 0 Å². The standard InChI is InChI=1S/C17H25N3O2/c21-16(9-5-13-3-1-2-4-13)18-11-12-20-17(22)10-8-15(19-20)14-6-7-14/h8,10,13-14H,1-7,9,11-12H2,(H,18,21). The molecule has 3 rings (SSSR count). The summed E-state index contributed by atoms with van der Waals surface area (Å²) in [6.07, 6.45) is 9.14. The lowest BCUT2D eigenvalue weighted by atomic mass is 10.0. The van der Waals surface area contributed by atoms with Crippen LogP contribution in [0.2, 0.25) is 0 Å². The molecule has 0 spiro atoms. The van der Waals surface area contributed by atoms with E-state index in [1.807, 2.05) is 6.07 Å². The molecule has 0 saturated heterocycles. The van der Waals surface area contributed by atoms with Crippen molar-refractivity contribution in [1.82, 2.24) is 15.1 Å². The van der Waals surface area contributed by atoms with Crippen molar-refractivity contribution in [2.75, 3.05) is 6.54 Å². The zero-order chi connectivity index (χ0) is 15.4. The van der Waals surface area contributed by atoms with Gasteiger partial charge >= 0.3 is 0 Å². The average molecular weight is 303 g/mol. The first-order valence-corrected chi connectivity index (χ1v) is 8.57. The van der Waals surface area contributed by atoms with Gasteiger partial charge in [-0.1, -0.05) is 25.7 Å². The van der Waals surface area contributed by atoms with Gasteiger partial charge in [-0.3, -0.25) is 9.59 Å². The van der Waals surface area contributed by atoms with Crippen LogP contribution in [-0.2, 0) is 11.3 Å². The predicted molar refractivity (Wildman–Crippen MR) is 84.7 cm³/mol. The summed E-state index contributed by atoms with van der Waals surface area (Å²) in [6.45, 7) is 0.930. The quantitative estimate of drug-likeness (QED) is 0.840. The van der Waals surface area contributed by atoms with E-state index in [-0.39, 0.29) is 11.5 Å². The van der Waals surface area contributed by atoms with E-state index in [0.717, 1.165) is 18.0 Å². The fraction of sp³-hybridized carbons (Fsp3) is 0.706. The molecule has 2 aliphatic carbocycles. The number of hydrogen-bond donors (Lipinski definition) is 1. The Kier molecular flexibility index (Phi) is 4.90. The second-order valence-corrected chi connectivity index (χ2v) is 6.63. The zero-order valence-electron chi connectivity index (χ0n) is 13.1. The Morgan fingerprint density at radius 2 is 2.00 bits per heavy atom. The number of carbonyl (C=O) groups excluding carboxylic acids is 1. The highest BCUT2D eigenvalue weighted by Crippen LogP contribution is 2.38. The van der Waals surface area contributed by atoms with Crippen molar-refractivity contribution in [2.45, 2.75) is 63.8 Å². The number of hydrogen-bond acceptors (Lipinski definition) is 3. The molecule has 5 heteroatoms. The first kappa shape index (κ1) is 15.3. The summed E-state index contributed by atoms with van der Waals surface area (Å²) >= 11 is 0. The van der Waals surface area contributed by atoms with E-state index in [4.69, 9.17) is 0 Å². The van der Waals surface area contributed by atoms with Gasteiger partial charge < -0.3 is 5.32 Å². The van der Waals surface area contributed by atoms with Gasteiger partial charge in [-0.25, -0.2) is 4.68 Å². The molecule has 1 heterocycles. The van der Waals surface area contributed by atoms with Gasteiger partial charge in [-0.2, -0.15) is 5.10 Å². The second kappa shape index (κ2) is 7.07. The number of aromatic nitrogens is 2. The molecule has 0 aromatic carbocycles. The Bertz CT molecular complexity index is 572. The molecule has 2 saturated carbocycles. The summed E-state index contributed by atoms with van der Waals surface area (Å²) in [7, 11) is 0. The molecular weight excluding hydrogens is 278 g/mol. The largest absolute Gasteiger partial charge is 0.354 e. The van der Waals surface area contributed by atoms with Crippen molar-refractivity contribution < 1.29 is 4.79 Å². The lowest BCUT2D eigenvalue weighted by Gasteiger charge is -2.10. The van der Waals surface area contributed by atoms with E-state index in [1.165, 1.54) is 43.2 Å². The lowest BCUT2D eigenvalue weighted by Crippen LogP contribution is -2.32. The van der Waals surface area contributed by atoms with Crippen LogP contribution in [0.1, 0.15) is 63.0 Å². The number of carbonyl (C=O) groups is 1. The minimum absolute atomic E-state index is 0.0930. The summed E-state index contributed by atoms with van der Waals surface area (Å²) < 4.78 is 1.48. The molecule has 0 aliphatic heterocycles. The van der Waals surface area contributed by atoms with Gasteiger partial charge in [0.05, 0.1) is 12.2 Å². The molecule has 5 nitrogen and oxygen atoms in total. The minimum Gasteiger partial charge on any atom is -0.354 e. The van der Waals surface area contributed by atoms with Crippen molar-refractivity contribution in [2.24, 2.45) is 5.92 Å². The summed E-state index contributed by atoms with van der Waals surface area (Å²) in [6, 6.07) is 3.42. The van der Waals surface area contributed by atoms with Gasteiger partial charge in [0.1, 0.15) is 0 Å². The number of rotatable bonds is 7. The lowest BCUT2D eigenvalue weighted by molar-refractivity contribution is -0.121. The Labute approximate surface area is 131 Å². The normalized spacial score (nSPS) is 18.5. The van der Waals surface area contributed by atoms with Gasteiger partial charge in [0.2, 0.25) is 5.91 Å². The topological polar surface area (TPSA) is 64.0 Å². The summed E-state index contributed by atoms with van der Waals surface area (Å²) in [5, 5.41) is 7.30. The van der Waals surface area contributed by atoms with Crippen molar-refractivity contribution in [3.8, 4) is 0 Å². The van der Waals surface area contributed by atoms with E-state index < -0.39 is 0 Å². The van der Waals surface area contributed by atoms with E-state index >= 15 is 0 Å². The Morgan fingerprint density at radius 1 is 1.23 bits per heavy atom. The number of nitrogens with zero attached hydrogens (tertiary/aromatic N) is 2. The SMILES string of the molecule is O=C(CCC1CCCC1)NCCn1nc(C2CC2)ccc1=O. The van der Waals surface area contributed by atoms with Crippen LogP contribution in [0, 0.1) is 5.92 Å². The highest BCUT2D eigenvalue weighted by atomic mass is 16.1. The molecule has 0 unspecified atom stereocenters. The fourth-order valence-corrected chi connectivity index (χ4v) is 3.25. The van der Waals surface area contributed by atoms with Crippen LogP contribution >= 0.6 is 0 Å². The van der Waals surface area contributed by atoms with Gasteiger partial charge in [0.25, 0.3) is 5.56 Å². The molecule has 1 N–H and O–H groups in total. The average Bonchev–Trinajstić information content (AvgIpc) is 3.23. The summed E-state index contributed by atoms with van der Waals surface area (Å²) in [5.41, 5.74) is 0.914. The number of nitrogens with one attached hydrogen (secondary N) is 1. The summed E-state index contributed by atoms with van der Waals surface area (Å²) in [4.78, 5) is 23.6. The van der Waals surface area contributed by atoms with Crippen LogP contribution < -0.4 is 10.9 Å². The molecule has 0 radical (unpaired) electrons. The van der Waals surface area contributed by atoms with Crippen molar-refractivity contribution in [1.29, 1.82) is 0 Å². The highest BCUT2D eigenvalue weighted by molar-refractivity contribution is 5.75. The maximum Gasteiger partial charge on any atom is 0.266 e. The van der Waals surface area contributed by atoms with Crippen LogP contribution in [0.25, 0.3) is 0 Å². The van der Waals surface area contributed by atoms with Crippen molar-refractivity contribution in [3.63, 3.8) is 0 Å². The molecule has 1 aromatic heterocycles. The smallest absolute Gasteiger partial charge is 0.266 e. The molecule has 1 amide bonds. The Balaban J connectivity index is 1.41. The van der Waals surface area contributed by atoms with Crippen LogP contribution in [0.4, 0.5) is 0 Å². The third-order valence-electron chi connectivity index (χ3n) is 4.78. The molecule has 22 heavy (non-hydrogen) atoms. The van der Waals surface area contributed by atoms with Crippen LogP contribution in [0.5, 0.6) is 0 Å². The second-order valence-electron chi connectivity index (χ2n) is 6.63.